The van der Waals surface area contributed by atoms with Crippen molar-refractivity contribution in [2.45, 2.75) is 19.9 Å². The van der Waals surface area contributed by atoms with Crippen LogP contribution in [0.15, 0.2) is 24.5 Å². The second-order valence-corrected chi connectivity index (χ2v) is 4.68. The van der Waals surface area contributed by atoms with Crippen LogP contribution in [0.4, 0.5) is 0 Å². The maximum atomic E-state index is 6.16. The van der Waals surface area contributed by atoms with Gasteiger partial charge in [-0.2, -0.15) is 0 Å². The van der Waals surface area contributed by atoms with Crippen LogP contribution in [0.2, 0.25) is 0 Å². The molecule has 0 aliphatic rings. The molecule has 2 N–H and O–H groups in total. The van der Waals surface area contributed by atoms with Crippen molar-refractivity contribution < 1.29 is 0 Å². The van der Waals surface area contributed by atoms with Crippen LogP contribution in [0.3, 0.4) is 0 Å². The maximum Gasteiger partial charge on any atom is 0.0900 e. The molecule has 2 heterocycles. The summed E-state index contributed by atoms with van der Waals surface area (Å²) in [5.74, 6) is 0. The van der Waals surface area contributed by atoms with Crippen LogP contribution in [0.25, 0.3) is 0 Å². The van der Waals surface area contributed by atoms with E-state index in [1.165, 1.54) is 0 Å². The second-order valence-electron chi connectivity index (χ2n) is 3.45. The first kappa shape index (κ1) is 10.3. The molecular formula is C11H13N3S. The topological polar surface area (TPSA) is 51.8 Å². The fourth-order valence-electron chi connectivity index (χ4n) is 1.55. The van der Waals surface area contributed by atoms with Gasteiger partial charge in [0.15, 0.2) is 0 Å². The fraction of sp³-hybridized carbons (Fsp3) is 0.273. The molecule has 1 atom stereocenters. The third kappa shape index (κ3) is 2.06. The highest BCUT2D eigenvalue weighted by Crippen LogP contribution is 2.27. The SMILES string of the molecule is Cc1nc(C)c(C(N)c2cccnc2)s1. The first-order valence-electron chi connectivity index (χ1n) is 4.78. The predicted octanol–water partition coefficient (Wildman–Crippen LogP) is 2.20. The Bertz CT molecular complexity index is 450. The molecule has 2 aromatic heterocycles. The third-order valence-electron chi connectivity index (χ3n) is 2.27. The van der Waals surface area contributed by atoms with E-state index in [4.69, 9.17) is 5.73 Å². The van der Waals surface area contributed by atoms with Crippen LogP contribution in [0, 0.1) is 13.8 Å². The monoisotopic (exact) mass is 219 g/mol. The Hall–Kier alpha value is -1.26. The van der Waals surface area contributed by atoms with Gasteiger partial charge in [0, 0.05) is 17.3 Å². The summed E-state index contributed by atoms with van der Waals surface area (Å²) in [7, 11) is 0. The van der Waals surface area contributed by atoms with Gasteiger partial charge in [-0.1, -0.05) is 6.07 Å². The molecule has 0 saturated heterocycles. The summed E-state index contributed by atoms with van der Waals surface area (Å²) in [6.45, 7) is 3.99. The summed E-state index contributed by atoms with van der Waals surface area (Å²) in [4.78, 5) is 9.57. The van der Waals surface area contributed by atoms with Crippen LogP contribution >= 0.6 is 11.3 Å². The zero-order valence-corrected chi connectivity index (χ0v) is 9.58. The molecule has 0 spiro atoms. The van der Waals surface area contributed by atoms with Crippen molar-refractivity contribution in [1.82, 2.24) is 9.97 Å². The molecule has 1 unspecified atom stereocenters. The predicted molar refractivity (Wildman–Crippen MR) is 61.9 cm³/mol. The van der Waals surface area contributed by atoms with E-state index in [2.05, 4.69) is 9.97 Å². The van der Waals surface area contributed by atoms with Gasteiger partial charge in [0.25, 0.3) is 0 Å². The lowest BCUT2D eigenvalue weighted by Crippen LogP contribution is -2.11. The zero-order chi connectivity index (χ0) is 10.8. The Kier molecular flexibility index (Phi) is 2.79. The van der Waals surface area contributed by atoms with Crippen LogP contribution in [-0.4, -0.2) is 9.97 Å². The molecule has 0 aliphatic heterocycles. The largest absolute Gasteiger partial charge is 0.320 e. The van der Waals surface area contributed by atoms with Crippen LogP contribution in [-0.2, 0) is 0 Å². The summed E-state index contributed by atoms with van der Waals surface area (Å²) in [5, 5.41) is 1.06. The van der Waals surface area contributed by atoms with Crippen molar-refractivity contribution in [2.24, 2.45) is 5.73 Å². The molecular weight excluding hydrogens is 206 g/mol. The lowest BCUT2D eigenvalue weighted by atomic mass is 10.1. The molecule has 0 aliphatic carbocycles. The van der Waals surface area contributed by atoms with E-state index in [9.17, 15) is 0 Å². The number of hydrogen-bond acceptors (Lipinski definition) is 4. The lowest BCUT2D eigenvalue weighted by molar-refractivity contribution is 0.868. The Balaban J connectivity index is 2.36. The van der Waals surface area contributed by atoms with Crippen LogP contribution in [0.1, 0.15) is 27.2 Å². The standard InChI is InChI=1S/C11H13N3S/c1-7-11(15-8(2)14-7)10(12)9-4-3-5-13-6-9/h3-6,10H,12H2,1-2H3. The number of pyridine rings is 1. The number of hydrogen-bond donors (Lipinski definition) is 1. The Morgan fingerprint density at radius 3 is 2.73 bits per heavy atom. The molecule has 0 bridgehead atoms. The Morgan fingerprint density at radius 2 is 2.20 bits per heavy atom. The fourth-order valence-corrected chi connectivity index (χ4v) is 2.50. The van der Waals surface area contributed by atoms with Gasteiger partial charge < -0.3 is 5.73 Å². The summed E-state index contributed by atoms with van der Waals surface area (Å²) >= 11 is 1.65. The molecule has 2 rings (SSSR count). The molecule has 3 nitrogen and oxygen atoms in total. The van der Waals surface area contributed by atoms with Crippen molar-refractivity contribution in [3.8, 4) is 0 Å². The molecule has 0 aromatic carbocycles. The smallest absolute Gasteiger partial charge is 0.0900 e. The van der Waals surface area contributed by atoms with Crippen molar-refractivity contribution in [3.05, 3.63) is 45.7 Å². The zero-order valence-electron chi connectivity index (χ0n) is 8.77. The lowest BCUT2D eigenvalue weighted by Gasteiger charge is -2.09. The summed E-state index contributed by atoms with van der Waals surface area (Å²) in [6, 6.07) is 3.79. The summed E-state index contributed by atoms with van der Waals surface area (Å²) in [5.41, 5.74) is 8.21. The number of aryl methyl sites for hydroxylation is 2. The number of thiazole rings is 1. The normalized spacial score (nSPS) is 12.7. The molecule has 4 heteroatoms. The van der Waals surface area contributed by atoms with E-state index in [0.29, 0.717) is 0 Å². The molecule has 2 aromatic rings. The van der Waals surface area contributed by atoms with E-state index in [1.807, 2.05) is 26.0 Å². The summed E-state index contributed by atoms with van der Waals surface area (Å²) < 4.78 is 0. The van der Waals surface area contributed by atoms with Gasteiger partial charge >= 0.3 is 0 Å². The quantitative estimate of drug-likeness (QED) is 0.842. The Morgan fingerprint density at radius 1 is 1.40 bits per heavy atom. The molecule has 78 valence electrons. The van der Waals surface area contributed by atoms with Gasteiger partial charge in [0.05, 0.1) is 16.7 Å². The highest BCUT2D eigenvalue weighted by molar-refractivity contribution is 7.11. The molecule has 0 saturated carbocycles. The average molecular weight is 219 g/mol. The second kappa shape index (κ2) is 4.08. The molecule has 15 heavy (non-hydrogen) atoms. The van der Waals surface area contributed by atoms with Crippen LogP contribution < -0.4 is 5.73 Å². The van der Waals surface area contributed by atoms with E-state index in [1.54, 1.807) is 23.7 Å². The van der Waals surface area contributed by atoms with Crippen molar-refractivity contribution >= 4 is 11.3 Å². The highest BCUT2D eigenvalue weighted by atomic mass is 32.1. The van der Waals surface area contributed by atoms with E-state index >= 15 is 0 Å². The minimum absolute atomic E-state index is 0.107. The van der Waals surface area contributed by atoms with E-state index < -0.39 is 0 Å². The van der Waals surface area contributed by atoms with Gasteiger partial charge in [-0.05, 0) is 25.5 Å². The number of rotatable bonds is 2. The van der Waals surface area contributed by atoms with Crippen LogP contribution in [0.5, 0.6) is 0 Å². The van der Waals surface area contributed by atoms with Gasteiger partial charge in [0.2, 0.25) is 0 Å². The minimum atomic E-state index is -0.107. The number of nitrogens with two attached hydrogens (primary N) is 1. The molecule has 0 amide bonds. The van der Waals surface area contributed by atoms with Gasteiger partial charge in [-0.25, -0.2) is 4.98 Å². The van der Waals surface area contributed by atoms with Crippen molar-refractivity contribution in [2.75, 3.05) is 0 Å². The van der Waals surface area contributed by atoms with E-state index in [0.717, 1.165) is 21.1 Å². The highest BCUT2D eigenvalue weighted by Gasteiger charge is 2.14. The van der Waals surface area contributed by atoms with E-state index in [-0.39, 0.29) is 6.04 Å². The van der Waals surface area contributed by atoms with Gasteiger partial charge in [-0.15, -0.1) is 11.3 Å². The molecule has 0 fully saturated rings. The van der Waals surface area contributed by atoms with Gasteiger partial charge in [-0.3, -0.25) is 4.98 Å². The van der Waals surface area contributed by atoms with Gasteiger partial charge in [0.1, 0.15) is 0 Å². The summed E-state index contributed by atoms with van der Waals surface area (Å²) in [6.07, 6.45) is 3.56. The maximum absolute atomic E-state index is 6.16. The first-order chi connectivity index (χ1) is 7.18. The first-order valence-corrected chi connectivity index (χ1v) is 5.59. The van der Waals surface area contributed by atoms with Crippen molar-refractivity contribution in [3.63, 3.8) is 0 Å². The number of aromatic nitrogens is 2. The Labute approximate surface area is 93.0 Å². The minimum Gasteiger partial charge on any atom is -0.320 e. The number of nitrogens with zero attached hydrogens (tertiary/aromatic N) is 2. The van der Waals surface area contributed by atoms with Crippen molar-refractivity contribution in [1.29, 1.82) is 0 Å². The molecule has 0 radical (unpaired) electrons. The third-order valence-corrected chi connectivity index (χ3v) is 3.42. The average Bonchev–Trinajstić information content (AvgIpc) is 2.58.